The van der Waals surface area contributed by atoms with Crippen LogP contribution in [0, 0.1) is 0 Å². The molecule has 2 aliphatic heterocycles. The van der Waals surface area contributed by atoms with Crippen LogP contribution < -0.4 is 5.32 Å². The summed E-state index contributed by atoms with van der Waals surface area (Å²) < 4.78 is 5.53. The van der Waals surface area contributed by atoms with Crippen LogP contribution in [0.3, 0.4) is 0 Å². The van der Waals surface area contributed by atoms with Gasteiger partial charge in [0, 0.05) is 25.2 Å². The van der Waals surface area contributed by atoms with E-state index >= 15 is 0 Å². The highest BCUT2D eigenvalue weighted by atomic mass is 16.5. The van der Waals surface area contributed by atoms with Gasteiger partial charge in [0.05, 0.1) is 6.10 Å². The summed E-state index contributed by atoms with van der Waals surface area (Å²) in [6.07, 6.45) is 2.88. The summed E-state index contributed by atoms with van der Waals surface area (Å²) in [5.74, 6) is 0. The molecule has 2 saturated heterocycles. The first-order chi connectivity index (χ1) is 6.25. The van der Waals surface area contributed by atoms with E-state index in [-0.39, 0.29) is 0 Å². The first-order valence-electron chi connectivity index (χ1n) is 5.32. The van der Waals surface area contributed by atoms with Crippen LogP contribution in [0.2, 0.25) is 0 Å². The molecule has 3 nitrogen and oxygen atoms in total. The second-order valence-corrected chi connectivity index (χ2v) is 4.39. The molecule has 2 heterocycles. The lowest BCUT2D eigenvalue weighted by Crippen LogP contribution is -2.43. The van der Waals surface area contributed by atoms with Crippen molar-refractivity contribution in [1.29, 1.82) is 0 Å². The third kappa shape index (κ3) is 2.22. The fourth-order valence-electron chi connectivity index (χ4n) is 2.32. The van der Waals surface area contributed by atoms with Crippen molar-refractivity contribution in [3.63, 3.8) is 0 Å². The van der Waals surface area contributed by atoms with Crippen molar-refractivity contribution >= 4 is 0 Å². The quantitative estimate of drug-likeness (QED) is 0.674. The Bertz CT molecular complexity index is 174. The predicted octanol–water partition coefficient (Wildman–Crippen LogP) is 0.458. The van der Waals surface area contributed by atoms with E-state index < -0.39 is 0 Å². The minimum atomic E-state index is 0.408. The lowest BCUT2D eigenvalue weighted by Gasteiger charge is -2.21. The largest absolute Gasteiger partial charge is 0.377 e. The fraction of sp³-hybridized carbons (Fsp3) is 1.00. The molecule has 2 fully saturated rings. The van der Waals surface area contributed by atoms with Gasteiger partial charge in [-0.25, -0.2) is 0 Å². The molecule has 0 bridgehead atoms. The number of likely N-dealkylation sites (tertiary alicyclic amines) is 1. The maximum atomic E-state index is 5.53. The molecule has 3 heteroatoms. The third-order valence-corrected chi connectivity index (χ3v) is 3.22. The standard InChI is InChI=1S/C10H20N2O/c1-8-10(4-6-13-8)11-9-3-5-12(2)7-9/h8-11H,3-7H2,1-2H3/t8-,9+,10-/m0/s1. The molecule has 0 spiro atoms. The van der Waals surface area contributed by atoms with Crippen molar-refractivity contribution in [1.82, 2.24) is 10.2 Å². The lowest BCUT2D eigenvalue weighted by molar-refractivity contribution is 0.111. The average molecular weight is 184 g/mol. The van der Waals surface area contributed by atoms with E-state index in [1.54, 1.807) is 0 Å². The summed E-state index contributed by atoms with van der Waals surface area (Å²) >= 11 is 0. The summed E-state index contributed by atoms with van der Waals surface area (Å²) in [5, 5.41) is 3.69. The molecule has 1 N–H and O–H groups in total. The van der Waals surface area contributed by atoms with Crippen molar-refractivity contribution in [3.8, 4) is 0 Å². The summed E-state index contributed by atoms with van der Waals surface area (Å²) in [4.78, 5) is 2.39. The van der Waals surface area contributed by atoms with Crippen LogP contribution in [0.25, 0.3) is 0 Å². The van der Waals surface area contributed by atoms with E-state index in [1.165, 1.54) is 25.9 Å². The molecule has 76 valence electrons. The van der Waals surface area contributed by atoms with Crippen LogP contribution in [0.5, 0.6) is 0 Å². The minimum absolute atomic E-state index is 0.408. The van der Waals surface area contributed by atoms with Gasteiger partial charge in [0.1, 0.15) is 0 Å². The van der Waals surface area contributed by atoms with Gasteiger partial charge in [-0.3, -0.25) is 0 Å². The lowest BCUT2D eigenvalue weighted by atomic mass is 10.1. The minimum Gasteiger partial charge on any atom is -0.377 e. The van der Waals surface area contributed by atoms with Crippen LogP contribution in [0.15, 0.2) is 0 Å². The van der Waals surface area contributed by atoms with Gasteiger partial charge in [0.25, 0.3) is 0 Å². The van der Waals surface area contributed by atoms with Crippen LogP contribution >= 0.6 is 0 Å². The topological polar surface area (TPSA) is 24.5 Å². The van der Waals surface area contributed by atoms with E-state index in [2.05, 4.69) is 24.2 Å². The van der Waals surface area contributed by atoms with Gasteiger partial charge in [-0.2, -0.15) is 0 Å². The van der Waals surface area contributed by atoms with Gasteiger partial charge >= 0.3 is 0 Å². The molecular formula is C10H20N2O. The zero-order valence-corrected chi connectivity index (χ0v) is 8.62. The number of hydrogen-bond donors (Lipinski definition) is 1. The number of likely N-dealkylation sites (N-methyl/N-ethyl adjacent to an activating group) is 1. The van der Waals surface area contributed by atoms with Crippen LogP contribution in [-0.2, 0) is 4.74 Å². The number of ether oxygens (including phenoxy) is 1. The normalized spacial score (nSPS) is 41.5. The van der Waals surface area contributed by atoms with E-state index in [4.69, 9.17) is 4.74 Å². The molecule has 0 amide bonds. The molecule has 0 saturated carbocycles. The zero-order chi connectivity index (χ0) is 9.26. The molecule has 0 aromatic heterocycles. The average Bonchev–Trinajstić information content (AvgIpc) is 2.64. The second-order valence-electron chi connectivity index (χ2n) is 4.39. The molecule has 0 unspecified atom stereocenters. The monoisotopic (exact) mass is 184 g/mol. The zero-order valence-electron chi connectivity index (χ0n) is 8.62. The first kappa shape index (κ1) is 9.44. The molecule has 2 aliphatic rings. The number of hydrogen-bond acceptors (Lipinski definition) is 3. The molecule has 13 heavy (non-hydrogen) atoms. The maximum absolute atomic E-state index is 5.53. The Morgan fingerprint density at radius 2 is 2.23 bits per heavy atom. The summed E-state index contributed by atoms with van der Waals surface area (Å²) in [6, 6.07) is 1.29. The highest BCUT2D eigenvalue weighted by Gasteiger charge is 2.28. The third-order valence-electron chi connectivity index (χ3n) is 3.22. The van der Waals surface area contributed by atoms with Gasteiger partial charge < -0.3 is 15.0 Å². The molecule has 3 atom stereocenters. The van der Waals surface area contributed by atoms with Gasteiger partial charge in [0.15, 0.2) is 0 Å². The predicted molar refractivity (Wildman–Crippen MR) is 52.9 cm³/mol. The van der Waals surface area contributed by atoms with Gasteiger partial charge in [-0.15, -0.1) is 0 Å². The number of rotatable bonds is 2. The Morgan fingerprint density at radius 1 is 1.38 bits per heavy atom. The summed E-state index contributed by atoms with van der Waals surface area (Å²) in [5.41, 5.74) is 0. The van der Waals surface area contributed by atoms with Gasteiger partial charge in [-0.05, 0) is 33.4 Å². The smallest absolute Gasteiger partial charge is 0.0700 e. The molecule has 0 radical (unpaired) electrons. The first-order valence-corrected chi connectivity index (χ1v) is 5.32. The van der Waals surface area contributed by atoms with Crippen molar-refractivity contribution in [2.24, 2.45) is 0 Å². The van der Waals surface area contributed by atoms with E-state index in [1.807, 2.05) is 0 Å². The fourth-order valence-corrected chi connectivity index (χ4v) is 2.32. The Kier molecular flexibility index (Phi) is 2.86. The van der Waals surface area contributed by atoms with E-state index in [9.17, 15) is 0 Å². The van der Waals surface area contributed by atoms with E-state index in [0.29, 0.717) is 18.2 Å². The van der Waals surface area contributed by atoms with E-state index in [0.717, 1.165) is 6.61 Å². The number of nitrogens with one attached hydrogen (secondary N) is 1. The van der Waals surface area contributed by atoms with Crippen LogP contribution in [0.4, 0.5) is 0 Å². The Balaban J connectivity index is 1.77. The van der Waals surface area contributed by atoms with Crippen molar-refractivity contribution < 1.29 is 4.74 Å². The van der Waals surface area contributed by atoms with Crippen molar-refractivity contribution in [3.05, 3.63) is 0 Å². The second kappa shape index (κ2) is 3.95. The van der Waals surface area contributed by atoms with Crippen LogP contribution in [-0.4, -0.2) is 49.8 Å². The summed E-state index contributed by atoms with van der Waals surface area (Å²) in [7, 11) is 2.19. The van der Waals surface area contributed by atoms with Gasteiger partial charge in [0.2, 0.25) is 0 Å². The summed E-state index contributed by atoms with van der Waals surface area (Å²) in [6.45, 7) is 5.54. The van der Waals surface area contributed by atoms with Crippen LogP contribution in [0.1, 0.15) is 19.8 Å². The molecule has 0 aliphatic carbocycles. The maximum Gasteiger partial charge on any atom is 0.0700 e. The Morgan fingerprint density at radius 3 is 2.77 bits per heavy atom. The van der Waals surface area contributed by atoms with Crippen molar-refractivity contribution in [2.75, 3.05) is 26.7 Å². The molecule has 0 aromatic rings. The molecule has 2 rings (SSSR count). The molecule has 0 aromatic carbocycles. The molecular weight excluding hydrogens is 164 g/mol. The Hall–Kier alpha value is -0.120. The number of nitrogens with zero attached hydrogens (tertiary/aromatic N) is 1. The highest BCUT2D eigenvalue weighted by molar-refractivity contribution is 4.87. The highest BCUT2D eigenvalue weighted by Crippen LogP contribution is 2.15. The Labute approximate surface area is 80.4 Å². The van der Waals surface area contributed by atoms with Gasteiger partial charge in [-0.1, -0.05) is 0 Å². The van der Waals surface area contributed by atoms with Crippen molar-refractivity contribution in [2.45, 2.75) is 38.0 Å². The SMILES string of the molecule is C[C@@H]1OCC[C@@H]1N[C@@H]1CCN(C)C1.